The third-order valence-corrected chi connectivity index (χ3v) is 2.14. The van der Waals surface area contributed by atoms with Crippen LogP contribution in [-0.2, 0) is 0 Å². The lowest BCUT2D eigenvalue weighted by molar-refractivity contribution is 0.504. The standard InChI is InChI=1S/C6H12.C2H4Cl2/c1-2-4-6-5-3-1;3-1-2-4/h1-6H2;1-2H2. The first-order valence-electron chi connectivity index (χ1n) is 4.03. The molecule has 0 aromatic carbocycles. The fourth-order valence-electron chi connectivity index (χ4n) is 1.06. The van der Waals surface area contributed by atoms with E-state index in [0.29, 0.717) is 11.8 Å². The summed E-state index contributed by atoms with van der Waals surface area (Å²) in [6.45, 7) is 0. The van der Waals surface area contributed by atoms with Gasteiger partial charge in [-0.2, -0.15) is 0 Å². The monoisotopic (exact) mass is 182 g/mol. The molecule has 1 rings (SSSR count). The predicted molar refractivity (Wildman–Crippen MR) is 49.1 cm³/mol. The minimum absolute atomic E-state index is 0.557. The smallest absolute Gasteiger partial charge is 0.0359 e. The zero-order valence-electron chi connectivity index (χ0n) is 6.41. The first-order chi connectivity index (χ1) is 4.91. The molecule has 0 N–H and O–H groups in total. The van der Waals surface area contributed by atoms with Crippen LogP contribution < -0.4 is 0 Å². The molecule has 1 aliphatic rings. The Kier molecular flexibility index (Phi) is 10.1. The molecule has 0 saturated heterocycles. The van der Waals surface area contributed by atoms with E-state index in [1.54, 1.807) is 0 Å². The molecule has 0 atom stereocenters. The summed E-state index contributed by atoms with van der Waals surface area (Å²) in [6.07, 6.45) is 9.00. The molecule has 0 aromatic rings. The lowest BCUT2D eigenvalue weighted by Gasteiger charge is -2.05. The Morgan fingerprint density at radius 3 is 0.900 bits per heavy atom. The van der Waals surface area contributed by atoms with Crippen molar-refractivity contribution in [1.82, 2.24) is 0 Å². The van der Waals surface area contributed by atoms with E-state index in [-0.39, 0.29) is 0 Å². The molecule has 0 bridgehead atoms. The van der Waals surface area contributed by atoms with Gasteiger partial charge in [0, 0.05) is 11.8 Å². The van der Waals surface area contributed by atoms with E-state index < -0.39 is 0 Å². The fraction of sp³-hybridized carbons (Fsp3) is 1.00. The molecule has 0 spiro atoms. The zero-order chi connectivity index (χ0) is 7.66. The third kappa shape index (κ3) is 8.58. The molecular weight excluding hydrogens is 167 g/mol. The maximum Gasteiger partial charge on any atom is 0.0359 e. The van der Waals surface area contributed by atoms with Gasteiger partial charge < -0.3 is 0 Å². The van der Waals surface area contributed by atoms with Crippen molar-refractivity contribution in [1.29, 1.82) is 0 Å². The molecule has 10 heavy (non-hydrogen) atoms. The van der Waals surface area contributed by atoms with Crippen LogP contribution in [0.15, 0.2) is 0 Å². The summed E-state index contributed by atoms with van der Waals surface area (Å²) >= 11 is 10.1. The van der Waals surface area contributed by atoms with Crippen molar-refractivity contribution in [2.24, 2.45) is 0 Å². The van der Waals surface area contributed by atoms with E-state index in [0.717, 1.165) is 0 Å². The normalized spacial score (nSPS) is 17.4. The lowest BCUT2D eigenvalue weighted by Crippen LogP contribution is -1.85. The summed E-state index contributed by atoms with van der Waals surface area (Å²) < 4.78 is 0. The summed E-state index contributed by atoms with van der Waals surface area (Å²) in [5, 5.41) is 0. The maximum atomic E-state index is 5.05. The van der Waals surface area contributed by atoms with E-state index in [4.69, 9.17) is 23.2 Å². The van der Waals surface area contributed by atoms with Gasteiger partial charge in [0.2, 0.25) is 0 Å². The van der Waals surface area contributed by atoms with Crippen molar-refractivity contribution in [3.63, 3.8) is 0 Å². The van der Waals surface area contributed by atoms with Crippen LogP contribution in [-0.4, -0.2) is 11.8 Å². The number of hydrogen-bond donors (Lipinski definition) is 0. The minimum Gasteiger partial charge on any atom is -0.125 e. The van der Waals surface area contributed by atoms with Crippen LogP contribution in [0, 0.1) is 0 Å². The van der Waals surface area contributed by atoms with Crippen molar-refractivity contribution in [3.8, 4) is 0 Å². The van der Waals surface area contributed by atoms with Crippen LogP contribution in [0.1, 0.15) is 38.5 Å². The highest BCUT2D eigenvalue weighted by atomic mass is 35.5. The van der Waals surface area contributed by atoms with Crippen molar-refractivity contribution in [2.45, 2.75) is 38.5 Å². The first-order valence-corrected chi connectivity index (χ1v) is 5.10. The SMILES string of the molecule is C1CCCCC1.ClCCCl. The fourth-order valence-corrected chi connectivity index (χ4v) is 1.06. The topological polar surface area (TPSA) is 0 Å². The first kappa shape index (κ1) is 10.6. The summed E-state index contributed by atoms with van der Waals surface area (Å²) in [5.41, 5.74) is 0. The average Bonchev–Trinajstić information content (AvgIpc) is 2.08. The summed E-state index contributed by atoms with van der Waals surface area (Å²) in [5.74, 6) is 1.11. The second-order valence-electron chi connectivity index (χ2n) is 2.50. The van der Waals surface area contributed by atoms with Crippen LogP contribution in [0.4, 0.5) is 0 Å². The molecule has 0 aliphatic heterocycles. The van der Waals surface area contributed by atoms with Gasteiger partial charge in [0.05, 0.1) is 0 Å². The largest absolute Gasteiger partial charge is 0.125 e. The molecule has 0 unspecified atom stereocenters. The van der Waals surface area contributed by atoms with E-state index in [1.807, 2.05) is 0 Å². The van der Waals surface area contributed by atoms with Crippen molar-refractivity contribution >= 4 is 23.2 Å². The Labute approximate surface area is 73.9 Å². The van der Waals surface area contributed by atoms with E-state index in [1.165, 1.54) is 38.5 Å². The molecule has 1 saturated carbocycles. The second kappa shape index (κ2) is 9.58. The Hall–Kier alpha value is 0.580. The summed E-state index contributed by atoms with van der Waals surface area (Å²) in [7, 11) is 0. The van der Waals surface area contributed by atoms with Gasteiger partial charge in [-0.1, -0.05) is 38.5 Å². The van der Waals surface area contributed by atoms with Crippen LogP contribution in [0.5, 0.6) is 0 Å². The van der Waals surface area contributed by atoms with Gasteiger partial charge in [0.1, 0.15) is 0 Å². The summed E-state index contributed by atoms with van der Waals surface area (Å²) in [4.78, 5) is 0. The molecule has 0 heterocycles. The predicted octanol–water partition coefficient (Wildman–Crippen LogP) is 3.80. The van der Waals surface area contributed by atoms with Crippen LogP contribution in [0.3, 0.4) is 0 Å². The Balaban J connectivity index is 0.000000180. The number of rotatable bonds is 1. The molecule has 1 aliphatic carbocycles. The number of alkyl halides is 2. The molecule has 2 heteroatoms. The van der Waals surface area contributed by atoms with E-state index in [9.17, 15) is 0 Å². The van der Waals surface area contributed by atoms with Crippen molar-refractivity contribution < 1.29 is 0 Å². The van der Waals surface area contributed by atoms with Crippen molar-refractivity contribution in [2.75, 3.05) is 11.8 Å². The minimum atomic E-state index is 0.557. The van der Waals surface area contributed by atoms with Gasteiger partial charge in [0.15, 0.2) is 0 Å². The lowest BCUT2D eigenvalue weighted by atomic mass is 10.0. The zero-order valence-corrected chi connectivity index (χ0v) is 7.92. The van der Waals surface area contributed by atoms with Crippen LogP contribution in [0.2, 0.25) is 0 Å². The van der Waals surface area contributed by atoms with Gasteiger partial charge in [-0.3, -0.25) is 0 Å². The maximum absolute atomic E-state index is 5.05. The highest BCUT2D eigenvalue weighted by molar-refractivity contribution is 6.25. The summed E-state index contributed by atoms with van der Waals surface area (Å²) in [6, 6.07) is 0. The number of hydrogen-bond acceptors (Lipinski definition) is 0. The van der Waals surface area contributed by atoms with Crippen LogP contribution in [0.25, 0.3) is 0 Å². The molecule has 0 amide bonds. The molecule has 0 radical (unpaired) electrons. The van der Waals surface area contributed by atoms with E-state index >= 15 is 0 Å². The molecule has 0 nitrogen and oxygen atoms in total. The van der Waals surface area contributed by atoms with Gasteiger partial charge in [0.25, 0.3) is 0 Å². The highest BCUT2D eigenvalue weighted by Crippen LogP contribution is 2.15. The van der Waals surface area contributed by atoms with Gasteiger partial charge in [-0.05, 0) is 0 Å². The molecule has 1 fully saturated rings. The van der Waals surface area contributed by atoms with Crippen molar-refractivity contribution in [3.05, 3.63) is 0 Å². The quantitative estimate of drug-likeness (QED) is 0.542. The molecule has 62 valence electrons. The van der Waals surface area contributed by atoms with Crippen LogP contribution >= 0.6 is 23.2 Å². The third-order valence-electron chi connectivity index (χ3n) is 1.57. The Morgan fingerprint density at radius 1 is 0.600 bits per heavy atom. The second-order valence-corrected chi connectivity index (χ2v) is 3.26. The van der Waals surface area contributed by atoms with E-state index in [2.05, 4.69) is 0 Å². The number of halogens is 2. The van der Waals surface area contributed by atoms with Gasteiger partial charge >= 0.3 is 0 Å². The van der Waals surface area contributed by atoms with Gasteiger partial charge in [-0.15, -0.1) is 23.2 Å². The van der Waals surface area contributed by atoms with Gasteiger partial charge in [-0.25, -0.2) is 0 Å². The Bertz CT molecular complexity index is 37.7. The molecular formula is C8H16Cl2. The Morgan fingerprint density at radius 2 is 0.800 bits per heavy atom. The molecule has 0 aromatic heterocycles. The average molecular weight is 183 g/mol. The highest BCUT2D eigenvalue weighted by Gasteiger charge is 1.95.